The van der Waals surface area contributed by atoms with Crippen molar-refractivity contribution in [3.63, 3.8) is 0 Å². The number of nitrogens with zero attached hydrogens (tertiary/aromatic N) is 3. The van der Waals surface area contributed by atoms with Crippen LogP contribution in [-0.2, 0) is 16.6 Å². The van der Waals surface area contributed by atoms with Gasteiger partial charge in [0.1, 0.15) is 5.69 Å². The fourth-order valence-corrected chi connectivity index (χ4v) is 3.91. The Morgan fingerprint density at radius 2 is 1.70 bits per heavy atom. The lowest BCUT2D eigenvalue weighted by atomic mass is 10.2. The molecule has 12 heteroatoms. The van der Waals surface area contributed by atoms with Gasteiger partial charge in [0.15, 0.2) is 11.5 Å². The van der Waals surface area contributed by atoms with Crippen molar-refractivity contribution in [2.75, 3.05) is 12.4 Å². The van der Waals surface area contributed by atoms with Crippen LogP contribution < -0.4 is 25.8 Å². The van der Waals surface area contributed by atoms with Crippen molar-refractivity contribution in [1.82, 2.24) is 14.8 Å². The molecule has 1 heterocycles. The van der Waals surface area contributed by atoms with Gasteiger partial charge in [-0.3, -0.25) is 19.1 Å². The maximum Gasteiger partial charge on any atom is 0.343 e. The van der Waals surface area contributed by atoms with Gasteiger partial charge in [0, 0.05) is 12.1 Å². The monoisotopic (exact) mass is 561 g/mol. The number of para-hydroxylation sites is 1. The van der Waals surface area contributed by atoms with E-state index in [9.17, 15) is 19.2 Å². The van der Waals surface area contributed by atoms with Gasteiger partial charge in [-0.25, -0.2) is 14.9 Å². The van der Waals surface area contributed by atoms with E-state index in [0.717, 1.165) is 0 Å². The number of hydrazone groups is 1. The lowest BCUT2D eigenvalue weighted by Gasteiger charge is -2.10. The summed E-state index contributed by atoms with van der Waals surface area (Å²) in [6.07, 6.45) is 1.27. The van der Waals surface area contributed by atoms with Crippen molar-refractivity contribution in [2.24, 2.45) is 12.1 Å². The molecule has 0 spiro atoms. The Bertz CT molecular complexity index is 1680. The Labute approximate surface area is 233 Å². The minimum Gasteiger partial charge on any atom is -0.493 e. The number of hydrogen-bond acceptors (Lipinski definition) is 7. The summed E-state index contributed by atoms with van der Waals surface area (Å²) in [5, 5.41) is 6.55. The van der Waals surface area contributed by atoms with Gasteiger partial charge in [-0.1, -0.05) is 35.9 Å². The lowest BCUT2D eigenvalue weighted by molar-refractivity contribution is -0.136. The molecule has 0 unspecified atom stereocenters. The van der Waals surface area contributed by atoms with Gasteiger partial charge in [-0.15, -0.1) is 0 Å². The summed E-state index contributed by atoms with van der Waals surface area (Å²) < 4.78 is 13.7. The first kappa shape index (κ1) is 27.9. The molecule has 0 atom stereocenters. The van der Waals surface area contributed by atoms with Gasteiger partial charge >= 0.3 is 17.8 Å². The molecule has 1 aromatic heterocycles. The van der Waals surface area contributed by atoms with Crippen LogP contribution in [0.15, 0.2) is 82.7 Å². The topological polar surface area (TPSA) is 133 Å². The number of carbonyl (C=O) groups is 3. The molecule has 4 aromatic rings. The summed E-state index contributed by atoms with van der Waals surface area (Å²) in [5.41, 5.74) is 3.42. The fraction of sp³-hybridized carbons (Fsp3) is 0.107. The highest BCUT2D eigenvalue weighted by atomic mass is 35.5. The summed E-state index contributed by atoms with van der Waals surface area (Å²) in [6, 6.07) is 19.8. The number of benzene rings is 3. The second kappa shape index (κ2) is 12.1. The Balaban J connectivity index is 1.41. The Morgan fingerprint density at radius 3 is 2.40 bits per heavy atom. The normalized spacial score (nSPS) is 10.8. The first-order valence-electron chi connectivity index (χ1n) is 11.8. The number of anilines is 1. The molecular weight excluding hydrogens is 538 g/mol. The number of halogens is 1. The number of esters is 1. The number of nitrogens with one attached hydrogen (secondary N) is 2. The van der Waals surface area contributed by atoms with E-state index in [0.29, 0.717) is 22.0 Å². The molecule has 0 saturated carbocycles. The third-order valence-electron chi connectivity index (χ3n) is 5.83. The van der Waals surface area contributed by atoms with Gasteiger partial charge in [-0.2, -0.15) is 5.10 Å². The first-order chi connectivity index (χ1) is 19.2. The van der Waals surface area contributed by atoms with Crippen LogP contribution in [0.5, 0.6) is 11.5 Å². The Hall–Kier alpha value is -5.16. The van der Waals surface area contributed by atoms with Crippen molar-refractivity contribution < 1.29 is 23.9 Å². The van der Waals surface area contributed by atoms with Gasteiger partial charge in [0.05, 0.1) is 30.3 Å². The van der Waals surface area contributed by atoms with E-state index in [4.69, 9.17) is 21.1 Å². The van der Waals surface area contributed by atoms with Gasteiger partial charge < -0.3 is 14.8 Å². The third-order valence-corrected chi connectivity index (χ3v) is 6.06. The molecule has 11 nitrogen and oxygen atoms in total. The number of ether oxygens (including phenoxy) is 2. The Morgan fingerprint density at radius 1 is 0.950 bits per heavy atom. The van der Waals surface area contributed by atoms with Crippen LogP contribution in [0.25, 0.3) is 5.69 Å². The standard InChI is InChI=1S/C28H24ClN5O6/c1-17-24(27(37)34(33(17)2)21-10-5-4-6-11-21)31-25(35)26(36)32-30-16-18-12-13-22(23(14-18)39-3)40-28(38)19-8-7-9-20(29)15-19/h4-16H,1-3H3,(H,31,35)(H,32,36)/b30-16+. The zero-order chi connectivity index (χ0) is 28.8. The highest BCUT2D eigenvalue weighted by Gasteiger charge is 2.21. The maximum absolute atomic E-state index is 12.9. The fourth-order valence-electron chi connectivity index (χ4n) is 3.72. The molecule has 4 rings (SSSR count). The summed E-state index contributed by atoms with van der Waals surface area (Å²) in [6.45, 7) is 1.65. The van der Waals surface area contributed by atoms with Crippen LogP contribution in [-0.4, -0.2) is 40.5 Å². The number of rotatable bonds is 7. The molecule has 204 valence electrons. The van der Waals surface area contributed by atoms with Crippen molar-refractivity contribution in [2.45, 2.75) is 6.92 Å². The smallest absolute Gasteiger partial charge is 0.343 e. The number of hydrogen-bond donors (Lipinski definition) is 2. The average Bonchev–Trinajstić information content (AvgIpc) is 3.16. The molecule has 3 aromatic carbocycles. The van der Waals surface area contributed by atoms with E-state index in [-0.39, 0.29) is 22.7 Å². The molecule has 0 aliphatic rings. The van der Waals surface area contributed by atoms with E-state index in [1.165, 1.54) is 36.2 Å². The number of carbonyl (C=O) groups excluding carboxylic acids is 3. The van der Waals surface area contributed by atoms with Crippen LogP contribution in [0.1, 0.15) is 21.6 Å². The molecule has 40 heavy (non-hydrogen) atoms. The lowest BCUT2D eigenvalue weighted by Crippen LogP contribution is -2.34. The summed E-state index contributed by atoms with van der Waals surface area (Å²) in [4.78, 5) is 50.2. The summed E-state index contributed by atoms with van der Waals surface area (Å²) in [5.74, 6) is -2.37. The van der Waals surface area contributed by atoms with Crippen LogP contribution in [0.3, 0.4) is 0 Å². The van der Waals surface area contributed by atoms with Crippen LogP contribution in [0.4, 0.5) is 5.69 Å². The quantitative estimate of drug-likeness (QED) is 0.117. The molecule has 0 aliphatic carbocycles. The van der Waals surface area contributed by atoms with E-state index in [2.05, 4.69) is 15.8 Å². The van der Waals surface area contributed by atoms with Crippen molar-refractivity contribution >= 4 is 41.3 Å². The average molecular weight is 562 g/mol. The second-order valence-electron chi connectivity index (χ2n) is 8.40. The number of methoxy groups -OCH3 is 1. The minimum absolute atomic E-state index is 0.0249. The molecular formula is C28H24ClN5O6. The minimum atomic E-state index is -1.08. The van der Waals surface area contributed by atoms with Gasteiger partial charge in [0.2, 0.25) is 0 Å². The highest BCUT2D eigenvalue weighted by molar-refractivity contribution is 6.39. The molecule has 2 N–H and O–H groups in total. The second-order valence-corrected chi connectivity index (χ2v) is 8.84. The van der Waals surface area contributed by atoms with E-state index >= 15 is 0 Å². The van der Waals surface area contributed by atoms with E-state index < -0.39 is 23.3 Å². The maximum atomic E-state index is 12.9. The highest BCUT2D eigenvalue weighted by Crippen LogP contribution is 2.28. The molecule has 0 radical (unpaired) electrons. The largest absolute Gasteiger partial charge is 0.493 e. The predicted molar refractivity (Wildman–Crippen MR) is 150 cm³/mol. The molecule has 0 saturated heterocycles. The molecule has 0 bridgehead atoms. The molecule has 0 fully saturated rings. The predicted octanol–water partition coefficient (Wildman–Crippen LogP) is 3.45. The molecule has 0 aliphatic heterocycles. The first-order valence-corrected chi connectivity index (χ1v) is 12.2. The van der Waals surface area contributed by atoms with E-state index in [1.54, 1.807) is 67.2 Å². The number of aromatic nitrogens is 2. The number of amides is 2. The van der Waals surface area contributed by atoms with Crippen molar-refractivity contribution in [3.05, 3.63) is 105 Å². The van der Waals surface area contributed by atoms with Crippen molar-refractivity contribution in [1.29, 1.82) is 0 Å². The van der Waals surface area contributed by atoms with Crippen LogP contribution in [0, 0.1) is 6.92 Å². The summed E-state index contributed by atoms with van der Waals surface area (Å²) >= 11 is 5.93. The van der Waals surface area contributed by atoms with E-state index in [1.807, 2.05) is 6.07 Å². The summed E-state index contributed by atoms with van der Waals surface area (Å²) in [7, 11) is 3.07. The Kier molecular flexibility index (Phi) is 8.45. The molecule has 2 amide bonds. The third kappa shape index (κ3) is 6.11. The zero-order valence-corrected chi connectivity index (χ0v) is 22.4. The van der Waals surface area contributed by atoms with Gasteiger partial charge in [0.25, 0.3) is 5.56 Å². The van der Waals surface area contributed by atoms with Crippen molar-refractivity contribution in [3.8, 4) is 17.2 Å². The SMILES string of the molecule is COc1cc(/C=N/NC(=O)C(=O)Nc2c(C)n(C)n(-c3ccccc3)c2=O)ccc1OC(=O)c1cccc(Cl)c1. The van der Waals surface area contributed by atoms with Gasteiger partial charge in [-0.05, 0) is 61.0 Å². The van der Waals surface area contributed by atoms with Crippen LogP contribution >= 0.6 is 11.6 Å². The van der Waals surface area contributed by atoms with Crippen LogP contribution in [0.2, 0.25) is 5.02 Å². The zero-order valence-electron chi connectivity index (χ0n) is 21.7.